The van der Waals surface area contributed by atoms with Crippen molar-refractivity contribution in [3.63, 3.8) is 0 Å². The van der Waals surface area contributed by atoms with E-state index >= 15 is 0 Å². The van der Waals surface area contributed by atoms with Gasteiger partial charge in [0, 0.05) is 5.69 Å². The fourth-order valence-electron chi connectivity index (χ4n) is 2.30. The third-order valence-electron chi connectivity index (χ3n) is 3.39. The van der Waals surface area contributed by atoms with Crippen LogP contribution in [0.1, 0.15) is 11.9 Å². The average Bonchev–Trinajstić information content (AvgIpc) is 2.63. The van der Waals surface area contributed by atoms with Gasteiger partial charge in [0.2, 0.25) is 0 Å². The topological polar surface area (TPSA) is 137 Å². The number of aromatic nitrogens is 2. The number of aliphatic hydroxyl groups is 2. The maximum absolute atomic E-state index is 12.0. The van der Waals surface area contributed by atoms with Crippen LogP contribution in [0.15, 0.2) is 10.9 Å². The first-order valence-electron chi connectivity index (χ1n) is 5.91. The van der Waals surface area contributed by atoms with E-state index in [-0.39, 0.29) is 5.82 Å². The van der Waals surface area contributed by atoms with E-state index in [1.807, 2.05) is 0 Å². The van der Waals surface area contributed by atoms with Gasteiger partial charge in [-0.3, -0.25) is 4.57 Å². The molecule has 6 N–H and O–H groups in total. The molecule has 2 heterocycles. The van der Waals surface area contributed by atoms with Gasteiger partial charge in [0.05, 0.1) is 6.61 Å². The van der Waals surface area contributed by atoms with Crippen molar-refractivity contribution < 1.29 is 14.9 Å². The van der Waals surface area contributed by atoms with Gasteiger partial charge in [-0.25, -0.2) is 4.79 Å². The van der Waals surface area contributed by atoms with Crippen LogP contribution in [0.3, 0.4) is 0 Å². The molecule has 0 bridgehead atoms. The van der Waals surface area contributed by atoms with Crippen LogP contribution in [0.5, 0.6) is 0 Å². The number of hydrogen-bond acceptors (Lipinski definition) is 7. The molecule has 20 heavy (non-hydrogen) atoms. The molecule has 8 heteroatoms. The van der Waals surface area contributed by atoms with Gasteiger partial charge in [0.15, 0.2) is 11.8 Å². The molecule has 0 aliphatic carbocycles. The summed E-state index contributed by atoms with van der Waals surface area (Å²) in [6.45, 7) is 1.13. The molecule has 1 aromatic rings. The normalized spacial score (nSPS) is 33.0. The summed E-state index contributed by atoms with van der Waals surface area (Å²) in [4.78, 5) is 15.6. The van der Waals surface area contributed by atoms with Crippen LogP contribution in [0.2, 0.25) is 0 Å². The zero-order valence-corrected chi connectivity index (χ0v) is 10.9. The number of terminal acetylenes is 1. The maximum Gasteiger partial charge on any atom is 0.351 e. The number of nitrogens with zero attached hydrogens (tertiary/aromatic N) is 2. The molecule has 1 fully saturated rings. The molecule has 1 aliphatic heterocycles. The Morgan fingerprint density at radius 3 is 2.85 bits per heavy atom. The van der Waals surface area contributed by atoms with E-state index in [1.165, 1.54) is 6.07 Å². The Labute approximate surface area is 115 Å². The Kier molecular flexibility index (Phi) is 3.54. The highest BCUT2D eigenvalue weighted by Gasteiger charge is 2.54. The molecule has 0 radical (unpaired) electrons. The number of anilines is 1. The first kappa shape index (κ1) is 14.5. The van der Waals surface area contributed by atoms with Crippen LogP contribution in [-0.2, 0) is 4.74 Å². The summed E-state index contributed by atoms with van der Waals surface area (Å²) in [6.07, 6.45) is 1.94. The molecule has 0 spiro atoms. The van der Waals surface area contributed by atoms with E-state index in [9.17, 15) is 15.0 Å². The predicted octanol–water partition coefficient (Wildman–Crippen LogP) is -2.28. The van der Waals surface area contributed by atoms with Gasteiger partial charge in [-0.15, -0.1) is 6.42 Å². The minimum atomic E-state index is -1.65. The number of nitrogens with two attached hydrogens (primary N) is 2. The van der Waals surface area contributed by atoms with Crippen molar-refractivity contribution >= 4 is 5.82 Å². The molecule has 4 atom stereocenters. The largest absolute Gasteiger partial charge is 0.394 e. The molecular weight excluding hydrogens is 264 g/mol. The molecule has 1 aliphatic rings. The van der Waals surface area contributed by atoms with Crippen LogP contribution in [-0.4, -0.2) is 44.1 Å². The number of hydrogen-bond donors (Lipinski definition) is 4. The predicted molar refractivity (Wildman–Crippen MR) is 70.4 cm³/mol. The Bertz CT molecular complexity index is 623. The van der Waals surface area contributed by atoms with Crippen LogP contribution in [0.4, 0.5) is 5.82 Å². The van der Waals surface area contributed by atoms with Crippen molar-refractivity contribution in [1.82, 2.24) is 9.55 Å². The summed E-state index contributed by atoms with van der Waals surface area (Å²) in [6, 6.07) is 1.46. The van der Waals surface area contributed by atoms with Gasteiger partial charge in [-0.05, 0) is 13.0 Å². The van der Waals surface area contributed by atoms with Crippen molar-refractivity contribution in [3.05, 3.63) is 22.2 Å². The highest BCUT2D eigenvalue weighted by atomic mass is 16.5. The van der Waals surface area contributed by atoms with Crippen LogP contribution in [0.25, 0.3) is 0 Å². The maximum atomic E-state index is 12.0. The summed E-state index contributed by atoms with van der Waals surface area (Å²) < 4.78 is 6.55. The number of aryl methyl sites for hydroxylation is 1. The zero-order chi connectivity index (χ0) is 15.1. The second-order valence-electron chi connectivity index (χ2n) is 4.71. The smallest absolute Gasteiger partial charge is 0.351 e. The lowest BCUT2D eigenvalue weighted by Gasteiger charge is -2.28. The molecule has 0 saturated carbocycles. The van der Waals surface area contributed by atoms with E-state index in [0.29, 0.717) is 5.69 Å². The van der Waals surface area contributed by atoms with Crippen molar-refractivity contribution in [2.45, 2.75) is 30.9 Å². The van der Waals surface area contributed by atoms with E-state index < -0.39 is 36.3 Å². The summed E-state index contributed by atoms with van der Waals surface area (Å²) in [7, 11) is 0. The summed E-state index contributed by atoms with van der Waals surface area (Å²) in [5.74, 6) is 2.30. The van der Waals surface area contributed by atoms with Gasteiger partial charge in [0.1, 0.15) is 18.0 Å². The van der Waals surface area contributed by atoms with Crippen molar-refractivity contribution in [2.75, 3.05) is 12.3 Å². The minimum Gasteiger partial charge on any atom is -0.394 e. The Balaban J connectivity index is 2.58. The lowest BCUT2D eigenvalue weighted by Crippen LogP contribution is -2.55. The zero-order valence-electron chi connectivity index (χ0n) is 10.9. The van der Waals surface area contributed by atoms with Gasteiger partial charge >= 0.3 is 5.69 Å². The number of rotatable bonds is 2. The van der Waals surface area contributed by atoms with E-state index in [2.05, 4.69) is 10.9 Å². The molecule has 1 saturated heterocycles. The molecule has 1 aromatic heterocycles. The fraction of sp³-hybridized carbons (Fsp3) is 0.500. The molecule has 108 valence electrons. The van der Waals surface area contributed by atoms with Gasteiger partial charge < -0.3 is 26.4 Å². The molecule has 0 amide bonds. The molecule has 2 rings (SSSR count). The SMILES string of the molecule is C#CC1(N)[C@@H](O)[C@@H](CO)O[C@H]1n1c(C)cc(N)nc1=O. The van der Waals surface area contributed by atoms with Crippen molar-refractivity contribution in [3.8, 4) is 12.3 Å². The van der Waals surface area contributed by atoms with Crippen LogP contribution < -0.4 is 17.2 Å². The van der Waals surface area contributed by atoms with Gasteiger partial charge in [0.25, 0.3) is 0 Å². The van der Waals surface area contributed by atoms with E-state index in [1.54, 1.807) is 6.92 Å². The molecule has 1 unspecified atom stereocenters. The first-order valence-corrected chi connectivity index (χ1v) is 5.91. The van der Waals surface area contributed by atoms with Gasteiger partial charge in [-0.1, -0.05) is 5.92 Å². The quantitative estimate of drug-likeness (QED) is 0.448. The van der Waals surface area contributed by atoms with E-state index in [0.717, 1.165) is 4.57 Å². The molecular formula is C12H16N4O4. The molecule has 8 nitrogen and oxygen atoms in total. The fourth-order valence-corrected chi connectivity index (χ4v) is 2.30. The summed E-state index contributed by atoms with van der Waals surface area (Å²) in [5.41, 5.74) is 9.55. The number of nitrogen functional groups attached to an aromatic ring is 1. The third kappa shape index (κ3) is 1.97. The Morgan fingerprint density at radius 2 is 2.35 bits per heavy atom. The van der Waals surface area contributed by atoms with Crippen LogP contribution >= 0.6 is 0 Å². The molecule has 0 aromatic carbocycles. The van der Waals surface area contributed by atoms with Crippen LogP contribution in [0, 0.1) is 19.3 Å². The average molecular weight is 280 g/mol. The summed E-state index contributed by atoms with van der Waals surface area (Å²) in [5, 5.41) is 19.2. The number of aliphatic hydroxyl groups excluding tert-OH is 2. The standard InChI is InChI=1S/C12H16N4O4/c1-3-12(14)9(18)7(5-17)20-10(12)16-6(2)4-8(13)15-11(16)19/h1,4,7,9-10,17-18H,5,14H2,2H3,(H2,13,15,19)/t7-,9+,10-,12?/m1/s1. The Hall–Kier alpha value is -1.92. The van der Waals surface area contributed by atoms with Gasteiger partial charge in [-0.2, -0.15) is 4.98 Å². The minimum absolute atomic E-state index is 0.0596. The first-order chi connectivity index (χ1) is 9.35. The van der Waals surface area contributed by atoms with Crippen molar-refractivity contribution in [2.24, 2.45) is 5.73 Å². The van der Waals surface area contributed by atoms with E-state index in [4.69, 9.17) is 22.6 Å². The monoisotopic (exact) mass is 280 g/mol. The third-order valence-corrected chi connectivity index (χ3v) is 3.39. The second kappa shape index (κ2) is 4.88. The lowest BCUT2D eigenvalue weighted by atomic mass is 9.92. The number of ether oxygens (including phenoxy) is 1. The lowest BCUT2D eigenvalue weighted by molar-refractivity contribution is -0.0483. The second-order valence-corrected chi connectivity index (χ2v) is 4.71. The highest BCUT2D eigenvalue weighted by Crippen LogP contribution is 2.36. The highest BCUT2D eigenvalue weighted by molar-refractivity contribution is 5.30. The summed E-state index contributed by atoms with van der Waals surface area (Å²) >= 11 is 0. The Morgan fingerprint density at radius 1 is 1.70 bits per heavy atom. The van der Waals surface area contributed by atoms with Crippen molar-refractivity contribution in [1.29, 1.82) is 0 Å².